The largest absolute Gasteiger partial charge is 0.462 e. The van der Waals surface area contributed by atoms with Crippen molar-refractivity contribution in [1.82, 2.24) is 4.57 Å². The van der Waals surface area contributed by atoms with E-state index in [1.807, 2.05) is 6.92 Å². The molecule has 1 heterocycles. The SMILES string of the molecule is CCOC(=O)c1c(C)cc(=O)n(C(C)CS(C)=O)c1C. The maximum atomic E-state index is 12.1. The van der Waals surface area contributed by atoms with Crippen LogP contribution in [0.3, 0.4) is 0 Å². The number of ether oxygens (including phenoxy) is 1. The first-order valence-corrected chi connectivity index (χ1v) is 8.22. The number of carbonyl (C=O) groups excluding carboxylic acids is 1. The molecule has 1 aromatic heterocycles. The summed E-state index contributed by atoms with van der Waals surface area (Å²) in [5, 5.41) is 0. The van der Waals surface area contributed by atoms with Crippen molar-refractivity contribution in [2.75, 3.05) is 18.6 Å². The monoisotopic (exact) mass is 299 g/mol. The molecule has 112 valence electrons. The zero-order chi connectivity index (χ0) is 15.4. The summed E-state index contributed by atoms with van der Waals surface area (Å²) in [6.07, 6.45) is 1.59. The molecule has 6 heteroatoms. The highest BCUT2D eigenvalue weighted by Gasteiger charge is 2.20. The average molecular weight is 299 g/mol. The fraction of sp³-hybridized carbons (Fsp3) is 0.571. The highest BCUT2D eigenvalue weighted by Crippen LogP contribution is 2.17. The summed E-state index contributed by atoms with van der Waals surface area (Å²) in [5.74, 6) is -0.0624. The molecule has 0 amide bonds. The van der Waals surface area contributed by atoms with Gasteiger partial charge in [0.15, 0.2) is 0 Å². The van der Waals surface area contributed by atoms with E-state index in [2.05, 4.69) is 0 Å². The van der Waals surface area contributed by atoms with E-state index in [1.54, 1.807) is 27.0 Å². The van der Waals surface area contributed by atoms with Crippen molar-refractivity contribution >= 4 is 16.8 Å². The molecule has 0 bridgehead atoms. The van der Waals surface area contributed by atoms with Gasteiger partial charge in [-0.15, -0.1) is 0 Å². The number of hydrogen-bond acceptors (Lipinski definition) is 4. The zero-order valence-corrected chi connectivity index (χ0v) is 13.4. The molecule has 1 rings (SSSR count). The van der Waals surface area contributed by atoms with E-state index >= 15 is 0 Å². The van der Waals surface area contributed by atoms with Crippen molar-refractivity contribution in [3.8, 4) is 0 Å². The van der Waals surface area contributed by atoms with E-state index in [4.69, 9.17) is 4.74 Å². The number of nitrogens with zero attached hydrogens (tertiary/aromatic N) is 1. The standard InChI is InChI=1S/C14H21NO4S/c1-6-19-14(17)13-9(2)7-12(16)15(11(13)4)10(3)8-20(5)18/h7,10H,6,8H2,1-5H3. The molecule has 0 aliphatic carbocycles. The van der Waals surface area contributed by atoms with Gasteiger partial charge in [0.1, 0.15) is 0 Å². The maximum absolute atomic E-state index is 12.1. The molecule has 0 saturated heterocycles. The fourth-order valence-electron chi connectivity index (χ4n) is 2.37. The Hall–Kier alpha value is -1.43. The highest BCUT2D eigenvalue weighted by atomic mass is 32.2. The molecule has 1 aromatic rings. The molecule has 0 aromatic carbocycles. The topological polar surface area (TPSA) is 65.4 Å². The van der Waals surface area contributed by atoms with Crippen molar-refractivity contribution in [1.29, 1.82) is 0 Å². The molecule has 2 unspecified atom stereocenters. The third kappa shape index (κ3) is 3.56. The maximum Gasteiger partial charge on any atom is 0.340 e. The van der Waals surface area contributed by atoms with Gasteiger partial charge < -0.3 is 9.30 Å². The van der Waals surface area contributed by atoms with Crippen molar-refractivity contribution in [2.24, 2.45) is 0 Å². The Morgan fingerprint density at radius 3 is 2.55 bits per heavy atom. The molecule has 0 aliphatic rings. The minimum Gasteiger partial charge on any atom is -0.462 e. The second-order valence-corrected chi connectivity index (χ2v) is 6.29. The van der Waals surface area contributed by atoms with Gasteiger partial charge in [0.25, 0.3) is 5.56 Å². The number of esters is 1. The molecule has 0 fully saturated rings. The molecule has 0 radical (unpaired) electrons. The smallest absolute Gasteiger partial charge is 0.340 e. The Morgan fingerprint density at radius 2 is 2.05 bits per heavy atom. The molecule has 2 atom stereocenters. The Labute approximate surface area is 121 Å². The molecular formula is C14H21NO4S. The number of carbonyl (C=O) groups is 1. The predicted molar refractivity (Wildman–Crippen MR) is 79.8 cm³/mol. The number of aromatic nitrogens is 1. The number of aryl methyl sites for hydroxylation is 1. The highest BCUT2D eigenvalue weighted by molar-refractivity contribution is 7.84. The molecule has 5 nitrogen and oxygen atoms in total. The summed E-state index contributed by atoms with van der Waals surface area (Å²) in [4.78, 5) is 24.1. The second kappa shape index (κ2) is 6.83. The van der Waals surface area contributed by atoms with Crippen molar-refractivity contribution in [3.05, 3.63) is 33.2 Å². The first kappa shape index (κ1) is 16.6. The minimum absolute atomic E-state index is 0.189. The Bertz CT molecular complexity index is 592. The van der Waals surface area contributed by atoms with Gasteiger partial charge in [0.05, 0.1) is 12.2 Å². The van der Waals surface area contributed by atoms with E-state index in [0.717, 1.165) is 0 Å². The summed E-state index contributed by atoms with van der Waals surface area (Å²) >= 11 is 0. The van der Waals surface area contributed by atoms with E-state index in [1.165, 1.54) is 10.6 Å². The lowest BCUT2D eigenvalue weighted by Crippen LogP contribution is -2.30. The van der Waals surface area contributed by atoms with Gasteiger partial charge >= 0.3 is 5.97 Å². The summed E-state index contributed by atoms with van der Waals surface area (Å²) in [7, 11) is -1.01. The summed E-state index contributed by atoms with van der Waals surface area (Å²) in [6, 6.07) is 1.19. The van der Waals surface area contributed by atoms with Gasteiger partial charge in [-0.2, -0.15) is 0 Å². The van der Waals surface area contributed by atoms with Crippen molar-refractivity contribution < 1.29 is 13.7 Å². The van der Waals surface area contributed by atoms with Crippen molar-refractivity contribution in [2.45, 2.75) is 33.7 Å². The zero-order valence-electron chi connectivity index (χ0n) is 12.6. The van der Waals surface area contributed by atoms with Gasteiger partial charge in [0.2, 0.25) is 0 Å². The van der Waals surface area contributed by atoms with Crippen LogP contribution in [0, 0.1) is 13.8 Å². The van der Waals surface area contributed by atoms with Crippen LogP contribution in [0.2, 0.25) is 0 Å². The average Bonchev–Trinajstić information content (AvgIpc) is 2.26. The summed E-state index contributed by atoms with van der Waals surface area (Å²) < 4.78 is 17.9. The van der Waals surface area contributed by atoms with E-state index < -0.39 is 16.8 Å². The molecule has 0 N–H and O–H groups in total. The van der Waals surface area contributed by atoms with Gasteiger partial charge in [-0.25, -0.2) is 4.79 Å². The van der Waals surface area contributed by atoms with Gasteiger partial charge in [-0.3, -0.25) is 9.00 Å². The van der Waals surface area contributed by atoms with Gasteiger partial charge in [-0.05, 0) is 33.3 Å². The first-order chi connectivity index (χ1) is 9.29. The molecule has 0 saturated carbocycles. The van der Waals surface area contributed by atoms with E-state index in [-0.39, 0.29) is 18.2 Å². The van der Waals surface area contributed by atoms with Crippen LogP contribution in [0.4, 0.5) is 0 Å². The Balaban J connectivity index is 3.39. The lowest BCUT2D eigenvalue weighted by atomic mass is 10.1. The molecule has 0 spiro atoms. The third-order valence-corrected chi connectivity index (χ3v) is 4.04. The van der Waals surface area contributed by atoms with Crippen LogP contribution < -0.4 is 5.56 Å². The summed E-state index contributed by atoms with van der Waals surface area (Å²) in [6.45, 7) is 7.27. The quantitative estimate of drug-likeness (QED) is 0.774. The van der Waals surface area contributed by atoms with Crippen LogP contribution in [-0.2, 0) is 15.5 Å². The lowest BCUT2D eigenvalue weighted by molar-refractivity contribution is 0.0523. The second-order valence-electron chi connectivity index (χ2n) is 4.81. The normalized spacial score (nSPS) is 13.8. The molecule has 20 heavy (non-hydrogen) atoms. The van der Waals surface area contributed by atoms with Crippen LogP contribution in [0.25, 0.3) is 0 Å². The first-order valence-electron chi connectivity index (χ1n) is 6.49. The van der Waals surface area contributed by atoms with Crippen molar-refractivity contribution in [3.63, 3.8) is 0 Å². The Morgan fingerprint density at radius 1 is 1.45 bits per heavy atom. The number of hydrogen-bond donors (Lipinski definition) is 0. The van der Waals surface area contributed by atoms with Crippen LogP contribution in [0.1, 0.15) is 41.5 Å². The van der Waals surface area contributed by atoms with Gasteiger partial charge in [0, 0.05) is 40.6 Å². The van der Waals surface area contributed by atoms with Crippen LogP contribution in [0.15, 0.2) is 10.9 Å². The molecular weight excluding hydrogens is 278 g/mol. The van der Waals surface area contributed by atoms with Crippen LogP contribution in [0.5, 0.6) is 0 Å². The number of rotatable bonds is 5. The van der Waals surface area contributed by atoms with Gasteiger partial charge in [-0.1, -0.05) is 0 Å². The van der Waals surface area contributed by atoms with E-state index in [0.29, 0.717) is 22.6 Å². The Kier molecular flexibility index (Phi) is 5.68. The summed E-state index contributed by atoms with van der Waals surface area (Å²) in [5.41, 5.74) is 1.39. The van der Waals surface area contributed by atoms with E-state index in [9.17, 15) is 13.8 Å². The minimum atomic E-state index is -1.01. The lowest BCUT2D eigenvalue weighted by Gasteiger charge is -2.20. The molecule has 0 aliphatic heterocycles. The number of pyridine rings is 1. The van der Waals surface area contributed by atoms with Crippen LogP contribution in [-0.4, -0.2) is 33.4 Å². The third-order valence-electron chi connectivity index (χ3n) is 3.09. The predicted octanol–water partition coefficient (Wildman–Crippen LogP) is 1.58. The van der Waals surface area contributed by atoms with Crippen LogP contribution >= 0.6 is 0 Å². The fourth-order valence-corrected chi connectivity index (χ4v) is 3.20.